The normalized spacial score (nSPS) is 10.5. The molecule has 1 rings (SSSR count). The molecule has 0 atom stereocenters. The number of nitrogens with two attached hydrogens (primary N) is 1. The minimum Gasteiger partial charge on any atom is -0.330 e. The molecule has 0 amide bonds. The molecule has 72 valence electrons. The van der Waals surface area contributed by atoms with Gasteiger partial charge in [0, 0.05) is 5.56 Å². The second-order valence-electron chi connectivity index (χ2n) is 3.08. The zero-order valence-corrected chi connectivity index (χ0v) is 7.61. The van der Waals surface area contributed by atoms with E-state index in [4.69, 9.17) is 5.73 Å². The molecule has 1 aromatic carbocycles. The highest BCUT2D eigenvalue weighted by atomic mass is 19.1. The molecule has 0 saturated carbocycles. The van der Waals surface area contributed by atoms with Gasteiger partial charge >= 0.3 is 0 Å². The summed E-state index contributed by atoms with van der Waals surface area (Å²) >= 11 is 0. The highest BCUT2D eigenvalue weighted by Gasteiger charge is 2.05. The molecule has 0 spiro atoms. The van der Waals surface area contributed by atoms with Gasteiger partial charge in [-0.3, -0.25) is 0 Å². The lowest BCUT2D eigenvalue weighted by atomic mass is 10.1. The Bertz CT molecular complexity index is 274. The Hall–Kier alpha value is -0.960. The summed E-state index contributed by atoms with van der Waals surface area (Å²) in [5.41, 5.74) is 6.05. The standard InChI is InChI=1S/C10H13F2N/c1-7-9(11)5-8(3-2-4-13)6-10(7)12/h5-6H,2-4,13H2,1H3. The monoisotopic (exact) mass is 185 g/mol. The van der Waals surface area contributed by atoms with Crippen molar-refractivity contribution in [2.24, 2.45) is 5.73 Å². The van der Waals surface area contributed by atoms with Crippen LogP contribution in [0.4, 0.5) is 8.78 Å². The third-order valence-corrected chi connectivity index (χ3v) is 2.01. The average molecular weight is 185 g/mol. The van der Waals surface area contributed by atoms with Gasteiger partial charge in [0.05, 0.1) is 0 Å². The van der Waals surface area contributed by atoms with Crippen LogP contribution in [0.15, 0.2) is 12.1 Å². The summed E-state index contributed by atoms with van der Waals surface area (Å²) in [6, 6.07) is 2.74. The average Bonchev–Trinajstić information content (AvgIpc) is 2.10. The van der Waals surface area contributed by atoms with Crippen molar-refractivity contribution in [3.05, 3.63) is 34.9 Å². The third kappa shape index (κ3) is 2.49. The third-order valence-electron chi connectivity index (χ3n) is 2.01. The number of aryl methyl sites for hydroxylation is 1. The number of halogens is 2. The Balaban J connectivity index is 2.86. The van der Waals surface area contributed by atoms with Crippen molar-refractivity contribution in [1.29, 1.82) is 0 Å². The van der Waals surface area contributed by atoms with Gasteiger partial charge in [0.25, 0.3) is 0 Å². The van der Waals surface area contributed by atoms with E-state index in [2.05, 4.69) is 0 Å². The summed E-state index contributed by atoms with van der Waals surface area (Å²) in [6.07, 6.45) is 1.38. The molecular formula is C10H13F2N. The van der Waals surface area contributed by atoms with E-state index in [0.29, 0.717) is 18.5 Å². The lowest BCUT2D eigenvalue weighted by Crippen LogP contribution is -2.01. The van der Waals surface area contributed by atoms with E-state index in [1.165, 1.54) is 19.1 Å². The van der Waals surface area contributed by atoms with Gasteiger partial charge in [-0.25, -0.2) is 8.78 Å². The summed E-state index contributed by atoms with van der Waals surface area (Å²) in [5.74, 6) is -0.959. The maximum Gasteiger partial charge on any atom is 0.129 e. The van der Waals surface area contributed by atoms with Gasteiger partial charge in [0.1, 0.15) is 11.6 Å². The smallest absolute Gasteiger partial charge is 0.129 e. The number of benzene rings is 1. The minimum atomic E-state index is -0.480. The molecule has 0 aliphatic rings. The largest absolute Gasteiger partial charge is 0.330 e. The molecule has 1 nitrogen and oxygen atoms in total. The van der Waals surface area contributed by atoms with Crippen LogP contribution in [-0.4, -0.2) is 6.54 Å². The van der Waals surface area contributed by atoms with Gasteiger partial charge in [-0.05, 0) is 44.0 Å². The highest BCUT2D eigenvalue weighted by molar-refractivity contribution is 5.25. The summed E-state index contributed by atoms with van der Waals surface area (Å²) in [7, 11) is 0. The molecule has 0 heterocycles. The first-order valence-electron chi connectivity index (χ1n) is 4.29. The summed E-state index contributed by atoms with van der Waals surface area (Å²) < 4.78 is 26.0. The topological polar surface area (TPSA) is 26.0 Å². The van der Waals surface area contributed by atoms with Gasteiger partial charge in [0.15, 0.2) is 0 Å². The van der Waals surface area contributed by atoms with Gasteiger partial charge in [-0.15, -0.1) is 0 Å². The van der Waals surface area contributed by atoms with Crippen LogP contribution in [-0.2, 0) is 6.42 Å². The van der Waals surface area contributed by atoms with Gasteiger partial charge in [0.2, 0.25) is 0 Å². The summed E-state index contributed by atoms with van der Waals surface area (Å²) in [5, 5.41) is 0. The van der Waals surface area contributed by atoms with E-state index in [1.807, 2.05) is 0 Å². The molecule has 0 radical (unpaired) electrons. The van der Waals surface area contributed by atoms with Crippen LogP contribution in [0.5, 0.6) is 0 Å². The first-order valence-corrected chi connectivity index (χ1v) is 4.29. The SMILES string of the molecule is Cc1c(F)cc(CCCN)cc1F. The van der Waals surface area contributed by atoms with Crippen LogP contribution in [0.2, 0.25) is 0 Å². The van der Waals surface area contributed by atoms with Crippen LogP contribution in [0.3, 0.4) is 0 Å². The van der Waals surface area contributed by atoms with E-state index in [-0.39, 0.29) is 5.56 Å². The van der Waals surface area contributed by atoms with Crippen molar-refractivity contribution >= 4 is 0 Å². The van der Waals surface area contributed by atoms with Crippen molar-refractivity contribution in [2.45, 2.75) is 19.8 Å². The Morgan fingerprint density at radius 2 is 1.77 bits per heavy atom. The van der Waals surface area contributed by atoms with E-state index in [9.17, 15) is 8.78 Å². The Morgan fingerprint density at radius 3 is 2.23 bits per heavy atom. The zero-order chi connectivity index (χ0) is 9.84. The van der Waals surface area contributed by atoms with Crippen molar-refractivity contribution in [3.8, 4) is 0 Å². The van der Waals surface area contributed by atoms with Crippen LogP contribution >= 0.6 is 0 Å². The predicted molar refractivity (Wildman–Crippen MR) is 48.5 cm³/mol. The van der Waals surface area contributed by atoms with Crippen molar-refractivity contribution in [3.63, 3.8) is 0 Å². The first kappa shape index (κ1) is 10.1. The van der Waals surface area contributed by atoms with Crippen LogP contribution in [0.1, 0.15) is 17.5 Å². The molecule has 0 aliphatic heterocycles. The van der Waals surface area contributed by atoms with E-state index in [0.717, 1.165) is 6.42 Å². The molecule has 1 aromatic rings. The molecule has 0 fully saturated rings. The Labute approximate surface area is 76.6 Å². The number of rotatable bonds is 3. The van der Waals surface area contributed by atoms with Crippen molar-refractivity contribution < 1.29 is 8.78 Å². The molecule has 0 saturated heterocycles. The van der Waals surface area contributed by atoms with Crippen molar-refractivity contribution in [1.82, 2.24) is 0 Å². The lowest BCUT2D eigenvalue weighted by Gasteiger charge is -2.03. The summed E-state index contributed by atoms with van der Waals surface area (Å²) in [4.78, 5) is 0. The lowest BCUT2D eigenvalue weighted by molar-refractivity contribution is 0.564. The Morgan fingerprint density at radius 1 is 1.23 bits per heavy atom. The van der Waals surface area contributed by atoms with Crippen LogP contribution in [0, 0.1) is 18.6 Å². The minimum absolute atomic E-state index is 0.0801. The van der Waals surface area contributed by atoms with Gasteiger partial charge < -0.3 is 5.73 Å². The van der Waals surface area contributed by atoms with Crippen LogP contribution in [0.25, 0.3) is 0 Å². The number of hydrogen-bond acceptors (Lipinski definition) is 1. The molecule has 3 heteroatoms. The molecule has 2 N–H and O–H groups in total. The second-order valence-corrected chi connectivity index (χ2v) is 3.08. The molecule has 0 unspecified atom stereocenters. The molecule has 0 aliphatic carbocycles. The maximum atomic E-state index is 13.0. The Kier molecular flexibility index (Phi) is 3.37. The summed E-state index contributed by atoms with van der Waals surface area (Å²) in [6.45, 7) is 1.97. The van der Waals surface area contributed by atoms with Gasteiger partial charge in [-0.2, -0.15) is 0 Å². The molecule has 0 bridgehead atoms. The fourth-order valence-corrected chi connectivity index (χ4v) is 1.15. The van der Waals surface area contributed by atoms with Crippen LogP contribution < -0.4 is 5.73 Å². The quantitative estimate of drug-likeness (QED) is 0.767. The number of hydrogen-bond donors (Lipinski definition) is 1. The zero-order valence-electron chi connectivity index (χ0n) is 7.61. The van der Waals surface area contributed by atoms with E-state index in [1.54, 1.807) is 0 Å². The van der Waals surface area contributed by atoms with E-state index < -0.39 is 11.6 Å². The van der Waals surface area contributed by atoms with Crippen molar-refractivity contribution in [2.75, 3.05) is 6.54 Å². The molecule has 0 aromatic heterocycles. The predicted octanol–water partition coefficient (Wildman–Crippen LogP) is 2.16. The first-order chi connectivity index (χ1) is 6.15. The maximum absolute atomic E-state index is 13.0. The fourth-order valence-electron chi connectivity index (χ4n) is 1.15. The van der Waals surface area contributed by atoms with Gasteiger partial charge in [-0.1, -0.05) is 0 Å². The second kappa shape index (κ2) is 4.33. The molecular weight excluding hydrogens is 172 g/mol. The fraction of sp³-hybridized carbons (Fsp3) is 0.400. The highest BCUT2D eigenvalue weighted by Crippen LogP contribution is 2.15. The molecule has 13 heavy (non-hydrogen) atoms. The van der Waals surface area contributed by atoms with E-state index >= 15 is 0 Å².